The number of carbonyl (C=O) groups is 2. The van der Waals surface area contributed by atoms with E-state index in [1.54, 1.807) is 0 Å². The first-order valence-corrected chi connectivity index (χ1v) is 11.2. The number of benzene rings is 1. The van der Waals surface area contributed by atoms with E-state index in [9.17, 15) is 9.59 Å². The summed E-state index contributed by atoms with van der Waals surface area (Å²) in [6.45, 7) is 10.00. The Balaban J connectivity index is 2.05. The van der Waals surface area contributed by atoms with Crippen molar-refractivity contribution in [3.8, 4) is 10.6 Å². The fourth-order valence-electron chi connectivity index (χ4n) is 3.13. The highest BCUT2D eigenvalue weighted by Crippen LogP contribution is 2.27. The number of hydrogen-bond acceptors (Lipinski definition) is 5. The van der Waals surface area contributed by atoms with Crippen molar-refractivity contribution < 1.29 is 9.59 Å². The minimum absolute atomic E-state index is 0.0354. The van der Waals surface area contributed by atoms with Gasteiger partial charge in [0.25, 0.3) is 0 Å². The second kappa shape index (κ2) is 11.0. The number of aryl methyl sites for hydroxylation is 1. The van der Waals surface area contributed by atoms with Gasteiger partial charge in [0.1, 0.15) is 11.0 Å². The quantitative estimate of drug-likeness (QED) is 0.582. The van der Waals surface area contributed by atoms with Gasteiger partial charge in [0.15, 0.2) is 0 Å². The average molecular weight is 417 g/mol. The van der Waals surface area contributed by atoms with Crippen molar-refractivity contribution in [2.24, 2.45) is 11.8 Å². The average Bonchev–Trinajstić information content (AvgIpc) is 3.14. The van der Waals surface area contributed by atoms with E-state index in [0.29, 0.717) is 5.13 Å². The van der Waals surface area contributed by atoms with Crippen LogP contribution in [0.2, 0.25) is 0 Å². The molecule has 0 spiro atoms. The highest BCUT2D eigenvalue weighted by atomic mass is 32.1. The van der Waals surface area contributed by atoms with Crippen LogP contribution in [0.3, 0.4) is 0 Å². The van der Waals surface area contributed by atoms with Gasteiger partial charge in [0.2, 0.25) is 16.9 Å². The summed E-state index contributed by atoms with van der Waals surface area (Å²) < 4.78 is 0. The molecule has 2 atom stereocenters. The third-order valence-corrected chi connectivity index (χ3v) is 5.82. The molecule has 29 heavy (non-hydrogen) atoms. The summed E-state index contributed by atoms with van der Waals surface area (Å²) in [5.74, 6) is -0.400. The molecule has 1 heterocycles. The van der Waals surface area contributed by atoms with Crippen molar-refractivity contribution in [3.05, 3.63) is 29.8 Å². The maximum Gasteiger partial charge on any atom is 0.249 e. The second-order valence-electron chi connectivity index (χ2n) is 7.75. The molecule has 7 heteroatoms. The number of amides is 2. The van der Waals surface area contributed by atoms with Gasteiger partial charge in [-0.2, -0.15) is 0 Å². The van der Waals surface area contributed by atoms with Crippen LogP contribution in [0.5, 0.6) is 0 Å². The summed E-state index contributed by atoms with van der Waals surface area (Å²) >= 11 is 1.33. The van der Waals surface area contributed by atoms with Crippen LogP contribution < -0.4 is 10.6 Å². The molecule has 0 aliphatic carbocycles. The van der Waals surface area contributed by atoms with E-state index in [0.717, 1.165) is 41.8 Å². The van der Waals surface area contributed by atoms with Crippen LogP contribution in [0.4, 0.5) is 5.13 Å². The molecule has 0 radical (unpaired) electrons. The number of unbranched alkanes of at least 4 members (excludes halogenated alkanes) is 1. The standard InChI is InChI=1S/C22H32N4O2S/c1-6-8-11-16(7-2)19(27)23-18(14(3)4)20(28)24-22-26-25-21(29-22)17-12-9-10-15(5)13-17/h9-10,12-14,16,18H,6-8,11H2,1-5H3,(H,23,27)(H,24,26,28)/t16-,18+/m1/s1. The van der Waals surface area contributed by atoms with Gasteiger partial charge in [-0.05, 0) is 31.7 Å². The van der Waals surface area contributed by atoms with Gasteiger partial charge in [-0.1, -0.05) is 75.6 Å². The van der Waals surface area contributed by atoms with Gasteiger partial charge in [-0.3, -0.25) is 14.9 Å². The Labute approximate surface area is 177 Å². The normalized spacial score (nSPS) is 13.2. The number of carbonyl (C=O) groups excluding carboxylic acids is 2. The number of rotatable bonds is 10. The van der Waals surface area contributed by atoms with Gasteiger partial charge in [0.05, 0.1) is 0 Å². The monoisotopic (exact) mass is 416 g/mol. The first-order chi connectivity index (χ1) is 13.8. The smallest absolute Gasteiger partial charge is 0.249 e. The van der Waals surface area contributed by atoms with Gasteiger partial charge < -0.3 is 5.32 Å². The minimum Gasteiger partial charge on any atom is -0.344 e. The lowest BCUT2D eigenvalue weighted by Crippen LogP contribution is -2.49. The van der Waals surface area contributed by atoms with Gasteiger partial charge >= 0.3 is 0 Å². The molecule has 0 bridgehead atoms. The molecule has 0 aliphatic rings. The van der Waals surface area contributed by atoms with Gasteiger partial charge in [-0.15, -0.1) is 10.2 Å². The van der Waals surface area contributed by atoms with Crippen LogP contribution in [0, 0.1) is 18.8 Å². The lowest BCUT2D eigenvalue weighted by Gasteiger charge is -2.24. The van der Waals surface area contributed by atoms with E-state index in [1.807, 2.05) is 52.0 Å². The summed E-state index contributed by atoms with van der Waals surface area (Å²) in [4.78, 5) is 25.5. The Bertz CT molecular complexity index is 819. The molecule has 2 rings (SSSR count). The van der Waals surface area contributed by atoms with E-state index >= 15 is 0 Å². The van der Waals surface area contributed by atoms with E-state index in [4.69, 9.17) is 0 Å². The van der Waals surface area contributed by atoms with Crippen LogP contribution in [0.25, 0.3) is 10.6 Å². The van der Waals surface area contributed by atoms with Crippen LogP contribution in [-0.2, 0) is 9.59 Å². The zero-order chi connectivity index (χ0) is 21.4. The van der Waals surface area contributed by atoms with Gasteiger partial charge in [-0.25, -0.2) is 0 Å². The third-order valence-electron chi connectivity index (χ3n) is 4.94. The van der Waals surface area contributed by atoms with Crippen LogP contribution in [0.15, 0.2) is 24.3 Å². The fraction of sp³-hybridized carbons (Fsp3) is 0.545. The lowest BCUT2D eigenvalue weighted by atomic mass is 9.96. The maximum absolute atomic E-state index is 12.8. The Morgan fingerprint density at radius 2 is 1.90 bits per heavy atom. The number of hydrogen-bond donors (Lipinski definition) is 2. The van der Waals surface area contributed by atoms with E-state index in [1.165, 1.54) is 11.3 Å². The first-order valence-electron chi connectivity index (χ1n) is 10.4. The number of nitrogens with zero attached hydrogens (tertiary/aromatic N) is 2. The van der Waals surface area contributed by atoms with Crippen molar-refractivity contribution in [2.75, 3.05) is 5.32 Å². The molecule has 2 aromatic rings. The highest BCUT2D eigenvalue weighted by molar-refractivity contribution is 7.18. The minimum atomic E-state index is -0.607. The molecular weight excluding hydrogens is 384 g/mol. The summed E-state index contributed by atoms with van der Waals surface area (Å²) in [6.07, 6.45) is 3.69. The van der Waals surface area contributed by atoms with Crippen molar-refractivity contribution in [2.45, 2.75) is 66.3 Å². The predicted molar refractivity (Wildman–Crippen MR) is 119 cm³/mol. The Kier molecular flexibility index (Phi) is 8.76. The molecule has 158 valence electrons. The molecule has 0 saturated carbocycles. The molecule has 0 unspecified atom stereocenters. The fourth-order valence-corrected chi connectivity index (χ4v) is 3.87. The highest BCUT2D eigenvalue weighted by Gasteiger charge is 2.27. The zero-order valence-corrected chi connectivity index (χ0v) is 18.8. The van der Waals surface area contributed by atoms with Crippen LogP contribution in [-0.4, -0.2) is 28.1 Å². The summed E-state index contributed by atoms with van der Waals surface area (Å²) in [5.41, 5.74) is 2.11. The topological polar surface area (TPSA) is 84.0 Å². The molecule has 6 nitrogen and oxygen atoms in total. The first kappa shape index (κ1) is 23.0. The maximum atomic E-state index is 12.8. The van der Waals surface area contributed by atoms with E-state index in [2.05, 4.69) is 27.8 Å². The van der Waals surface area contributed by atoms with Gasteiger partial charge in [0, 0.05) is 11.5 Å². The van der Waals surface area contributed by atoms with Crippen LogP contribution >= 0.6 is 11.3 Å². The SMILES string of the molecule is CCCC[C@@H](CC)C(=O)N[C@H](C(=O)Nc1nnc(-c2cccc(C)c2)s1)C(C)C. The van der Waals surface area contributed by atoms with Crippen molar-refractivity contribution in [1.82, 2.24) is 15.5 Å². The number of nitrogens with one attached hydrogen (secondary N) is 2. The third kappa shape index (κ3) is 6.63. The summed E-state index contributed by atoms with van der Waals surface area (Å²) in [6, 6.07) is 7.39. The molecule has 2 N–H and O–H groups in total. The van der Waals surface area contributed by atoms with E-state index in [-0.39, 0.29) is 23.7 Å². The van der Waals surface area contributed by atoms with E-state index < -0.39 is 6.04 Å². The Morgan fingerprint density at radius 3 is 2.52 bits per heavy atom. The molecule has 2 amide bonds. The molecule has 0 fully saturated rings. The van der Waals surface area contributed by atoms with Crippen molar-refractivity contribution >= 4 is 28.3 Å². The number of aromatic nitrogens is 2. The zero-order valence-electron chi connectivity index (χ0n) is 18.0. The predicted octanol–water partition coefficient (Wildman–Crippen LogP) is 4.81. The van der Waals surface area contributed by atoms with Crippen molar-refractivity contribution in [1.29, 1.82) is 0 Å². The largest absolute Gasteiger partial charge is 0.344 e. The van der Waals surface area contributed by atoms with Crippen LogP contribution in [0.1, 0.15) is 58.9 Å². The molecule has 0 saturated heterocycles. The molecule has 0 aliphatic heterocycles. The molecule has 1 aromatic heterocycles. The molecular formula is C22H32N4O2S. The van der Waals surface area contributed by atoms with Crippen molar-refractivity contribution in [3.63, 3.8) is 0 Å². The Morgan fingerprint density at radius 1 is 1.14 bits per heavy atom. The Hall–Kier alpha value is -2.28. The second-order valence-corrected chi connectivity index (χ2v) is 8.73. The molecule has 1 aromatic carbocycles. The lowest BCUT2D eigenvalue weighted by molar-refractivity contribution is -0.130. The summed E-state index contributed by atoms with van der Waals surface area (Å²) in [7, 11) is 0. The summed E-state index contributed by atoms with van der Waals surface area (Å²) in [5, 5.41) is 15.2. The number of anilines is 1.